The Hall–Kier alpha value is -5.12. The molecule has 0 saturated carbocycles. The summed E-state index contributed by atoms with van der Waals surface area (Å²) in [5.74, 6) is 0.996. The third-order valence-electron chi connectivity index (χ3n) is 8.81. The molecule has 0 bridgehead atoms. The molecule has 3 aliphatic rings. The molecule has 0 amide bonds. The fourth-order valence-corrected chi connectivity index (χ4v) is 6.33. The average molecular weight is 593 g/mol. The number of carbonyl (C=O) groups excluding carboxylic acids is 1. The highest BCUT2D eigenvalue weighted by atomic mass is 16.5. The fraction of sp³-hybridized carbons (Fsp3) is 0.225. The van der Waals surface area contributed by atoms with Crippen molar-refractivity contribution >= 4 is 34.3 Å². The van der Waals surface area contributed by atoms with Crippen molar-refractivity contribution in [2.75, 3.05) is 7.11 Å². The Labute approximate surface area is 265 Å². The molecule has 6 rings (SSSR count). The smallest absolute Gasteiger partial charge is 0.348 e. The molecule has 0 radical (unpaired) electrons. The molecule has 1 unspecified atom stereocenters. The first-order valence-electron chi connectivity index (χ1n) is 15.7. The molecule has 1 atom stereocenters. The van der Waals surface area contributed by atoms with Gasteiger partial charge in [-0.15, -0.1) is 0 Å². The van der Waals surface area contributed by atoms with Crippen LogP contribution in [0.3, 0.4) is 0 Å². The summed E-state index contributed by atoms with van der Waals surface area (Å²) in [7, 11) is 3.55. The van der Waals surface area contributed by atoms with Gasteiger partial charge in [-0.2, -0.15) is 0 Å². The lowest BCUT2D eigenvalue weighted by molar-refractivity contribution is -0.684. The summed E-state index contributed by atoms with van der Waals surface area (Å²) in [5, 5.41) is 9.06. The van der Waals surface area contributed by atoms with E-state index in [2.05, 4.69) is 36.1 Å². The Morgan fingerprint density at radius 2 is 1.73 bits per heavy atom. The molecule has 2 aromatic carbocycles. The summed E-state index contributed by atoms with van der Waals surface area (Å²) in [4.78, 5) is 18.7. The summed E-state index contributed by atoms with van der Waals surface area (Å²) >= 11 is 0. The Balaban J connectivity index is 1.27. The van der Waals surface area contributed by atoms with Crippen molar-refractivity contribution in [3.63, 3.8) is 0 Å². The highest BCUT2D eigenvalue weighted by molar-refractivity contribution is 6.29. The van der Waals surface area contributed by atoms with Crippen LogP contribution in [0.5, 0.6) is 0 Å². The monoisotopic (exact) mass is 592 g/mol. The molecule has 5 nitrogen and oxygen atoms in total. The zero-order valence-electron chi connectivity index (χ0n) is 26.1. The zero-order chi connectivity index (χ0) is 31.3. The number of allylic oxidation sites excluding steroid dienone is 9. The highest BCUT2D eigenvalue weighted by Gasteiger charge is 2.36. The van der Waals surface area contributed by atoms with Gasteiger partial charge in [0.15, 0.2) is 23.5 Å². The third-order valence-corrected chi connectivity index (χ3v) is 8.81. The minimum absolute atomic E-state index is 0.0918. The maximum atomic E-state index is 13.9. The number of fused-ring (bicyclic) bond motifs is 1. The van der Waals surface area contributed by atoms with E-state index in [4.69, 9.17) is 15.1 Å². The molecule has 1 heterocycles. The summed E-state index contributed by atoms with van der Waals surface area (Å²) in [6, 6.07) is 16.4. The summed E-state index contributed by atoms with van der Waals surface area (Å²) in [6.07, 6.45) is 23.3. The van der Waals surface area contributed by atoms with Gasteiger partial charge < -0.3 is 4.74 Å². The van der Waals surface area contributed by atoms with Crippen LogP contribution in [-0.2, 0) is 16.6 Å². The van der Waals surface area contributed by atoms with Crippen LogP contribution in [0.25, 0.3) is 22.8 Å². The molecule has 0 fully saturated rings. The number of hydrogen-bond donors (Lipinski definition) is 1. The van der Waals surface area contributed by atoms with Crippen LogP contribution in [0.2, 0.25) is 0 Å². The van der Waals surface area contributed by atoms with E-state index in [1.807, 2.05) is 91.5 Å². The Bertz CT molecular complexity index is 1880. The number of carbonyl (C=O) groups is 1. The molecular formula is C40H38N3O2+. The van der Waals surface area contributed by atoms with Gasteiger partial charge >= 0.3 is 5.82 Å². The lowest BCUT2D eigenvalue weighted by Gasteiger charge is -2.23. The van der Waals surface area contributed by atoms with E-state index in [-0.39, 0.29) is 11.7 Å². The van der Waals surface area contributed by atoms with Gasteiger partial charge in [0.25, 0.3) is 0 Å². The van der Waals surface area contributed by atoms with E-state index in [1.165, 1.54) is 11.1 Å². The number of ether oxygens (including phenoxy) is 1. The van der Waals surface area contributed by atoms with Crippen LogP contribution in [0.15, 0.2) is 109 Å². The van der Waals surface area contributed by atoms with E-state index < -0.39 is 0 Å². The lowest BCUT2D eigenvalue weighted by Crippen LogP contribution is -2.46. The summed E-state index contributed by atoms with van der Waals surface area (Å²) in [5.41, 5.74) is 12.3. The maximum Gasteiger partial charge on any atom is 0.348 e. The molecule has 0 saturated heterocycles. The lowest BCUT2D eigenvalue weighted by atomic mass is 9.81. The van der Waals surface area contributed by atoms with Crippen LogP contribution in [-0.4, -0.2) is 23.6 Å². The first-order chi connectivity index (χ1) is 22.0. The number of rotatable bonds is 7. The van der Waals surface area contributed by atoms with Crippen molar-refractivity contribution in [1.29, 1.82) is 5.41 Å². The van der Waals surface area contributed by atoms with Gasteiger partial charge in [-0.05, 0) is 89.2 Å². The largest absolute Gasteiger partial charge is 0.489 e. The van der Waals surface area contributed by atoms with Crippen molar-refractivity contribution in [3.05, 3.63) is 148 Å². The van der Waals surface area contributed by atoms with Gasteiger partial charge in [0, 0.05) is 11.1 Å². The third kappa shape index (κ3) is 6.13. The van der Waals surface area contributed by atoms with Crippen molar-refractivity contribution < 1.29 is 14.1 Å². The predicted molar refractivity (Wildman–Crippen MR) is 181 cm³/mol. The quantitative estimate of drug-likeness (QED) is 0.131. The van der Waals surface area contributed by atoms with Crippen LogP contribution in [0, 0.1) is 5.41 Å². The Morgan fingerprint density at radius 3 is 2.49 bits per heavy atom. The van der Waals surface area contributed by atoms with Gasteiger partial charge in [-0.3, -0.25) is 10.2 Å². The number of ketones is 1. The van der Waals surface area contributed by atoms with E-state index in [9.17, 15) is 4.79 Å². The second-order valence-electron chi connectivity index (χ2n) is 11.5. The molecule has 1 N–H and O–H groups in total. The molecule has 224 valence electrons. The molecule has 0 aliphatic heterocycles. The van der Waals surface area contributed by atoms with Gasteiger partial charge in [-0.1, -0.05) is 85.5 Å². The van der Waals surface area contributed by atoms with Crippen LogP contribution < -0.4 is 4.57 Å². The number of aromatic nitrogens is 2. The number of Topliss-reactive ketones (excluding diaryl/α,β-unsaturated/α-hetero) is 1. The van der Waals surface area contributed by atoms with E-state index >= 15 is 0 Å². The summed E-state index contributed by atoms with van der Waals surface area (Å²) in [6.45, 7) is 2.04. The van der Waals surface area contributed by atoms with Crippen LogP contribution in [0.1, 0.15) is 84.3 Å². The standard InChI is InChI=1S/C40H38N3O2/c1-4-35-38-33(25-36(39(35)44)31-19-15-30(16-20-31)28-13-10-14-34(45-3)24-23-28)26-42-40(43(38)2)37(41)32-21-17-29(18-22-32)27-11-8-6-5-7-9-12-27/h5-6,10,12-13,15-26,35,41H,4,7-9,11H2,1-3H3/q+1. The molecule has 3 aliphatic carbocycles. The second kappa shape index (κ2) is 13.3. The number of benzene rings is 2. The number of hydrogen-bond acceptors (Lipinski definition) is 4. The average Bonchev–Trinajstić information content (AvgIpc) is 3.31. The minimum Gasteiger partial charge on any atom is -0.489 e. The molecule has 3 aromatic rings. The zero-order valence-corrected chi connectivity index (χ0v) is 26.1. The molecule has 1 aromatic heterocycles. The fourth-order valence-electron chi connectivity index (χ4n) is 6.33. The summed E-state index contributed by atoms with van der Waals surface area (Å²) < 4.78 is 7.23. The second-order valence-corrected chi connectivity index (χ2v) is 11.5. The van der Waals surface area contributed by atoms with Crippen molar-refractivity contribution in [3.8, 4) is 0 Å². The number of nitrogens with zero attached hydrogens (tertiary/aromatic N) is 2. The molecule has 0 spiro atoms. The molecule has 45 heavy (non-hydrogen) atoms. The highest BCUT2D eigenvalue weighted by Crippen LogP contribution is 2.36. The first-order valence-corrected chi connectivity index (χ1v) is 15.7. The van der Waals surface area contributed by atoms with Crippen LogP contribution >= 0.6 is 0 Å². The van der Waals surface area contributed by atoms with E-state index in [1.54, 1.807) is 7.11 Å². The van der Waals surface area contributed by atoms with E-state index in [0.717, 1.165) is 59.2 Å². The number of nitrogens with one attached hydrogen (secondary N) is 1. The predicted octanol–water partition coefficient (Wildman–Crippen LogP) is 8.09. The Kier molecular flexibility index (Phi) is 8.81. The first kappa shape index (κ1) is 29.9. The molecular weight excluding hydrogens is 554 g/mol. The van der Waals surface area contributed by atoms with E-state index in [0.29, 0.717) is 29.3 Å². The van der Waals surface area contributed by atoms with Crippen molar-refractivity contribution in [2.24, 2.45) is 7.05 Å². The SMILES string of the molecule is CCC1C(=O)C(c2ccc(C3=CC=C=C(OC)C=C3)cc2)=Cc2cnc(C(=N)c3ccc(C4=CCCC=CCC4)cc3)[n+](C)c21. The Morgan fingerprint density at radius 1 is 1.00 bits per heavy atom. The normalized spacial score (nSPS) is 17.7. The van der Waals surface area contributed by atoms with Gasteiger partial charge in [0.2, 0.25) is 0 Å². The topological polar surface area (TPSA) is 66.9 Å². The van der Waals surface area contributed by atoms with Crippen molar-refractivity contribution in [2.45, 2.75) is 44.9 Å². The molecule has 5 heteroatoms. The van der Waals surface area contributed by atoms with Gasteiger partial charge in [0.1, 0.15) is 5.69 Å². The van der Waals surface area contributed by atoms with Gasteiger partial charge in [-0.25, -0.2) is 4.57 Å². The maximum absolute atomic E-state index is 13.9. The van der Waals surface area contributed by atoms with Gasteiger partial charge in [0.05, 0.1) is 25.6 Å². The number of methoxy groups -OCH3 is 1. The minimum atomic E-state index is -0.321. The van der Waals surface area contributed by atoms with Crippen LogP contribution in [0.4, 0.5) is 0 Å². The van der Waals surface area contributed by atoms with Crippen molar-refractivity contribution in [1.82, 2.24) is 4.98 Å².